The lowest BCUT2D eigenvalue weighted by Crippen LogP contribution is -2.49. The summed E-state index contributed by atoms with van der Waals surface area (Å²) >= 11 is 9.34. The van der Waals surface area contributed by atoms with E-state index in [0.717, 1.165) is 16.5 Å². The molecule has 114 valence electrons. The first-order valence-corrected chi connectivity index (χ1v) is 7.79. The molecule has 1 fully saturated rings. The fraction of sp³-hybridized carbons (Fsp3) is 0.429. The molecule has 0 spiro atoms. The van der Waals surface area contributed by atoms with E-state index in [-0.39, 0.29) is 12.3 Å². The van der Waals surface area contributed by atoms with Gasteiger partial charge in [0.1, 0.15) is 12.1 Å². The zero-order chi connectivity index (χ0) is 15.4. The quantitative estimate of drug-likeness (QED) is 0.823. The van der Waals surface area contributed by atoms with Crippen LogP contribution < -0.4 is 11.1 Å². The first kappa shape index (κ1) is 16.3. The van der Waals surface area contributed by atoms with Crippen LogP contribution in [0.25, 0.3) is 0 Å². The standard InChI is InChI=1S/C14H16BrClN2O3/c15-10-4-3-9(16)6-8(10)7-11(13(17)19)18-14(20)12-2-1-5-21-12/h3-4,6,11-12H,1-2,5,7H2,(H2,17,19)(H,18,20)/t11-,12-/m1/s1. The van der Waals surface area contributed by atoms with Crippen LogP contribution in [-0.4, -0.2) is 30.6 Å². The van der Waals surface area contributed by atoms with Gasteiger partial charge in [-0.05, 0) is 36.6 Å². The zero-order valence-electron chi connectivity index (χ0n) is 11.3. The molecular formula is C14H16BrClN2O3. The van der Waals surface area contributed by atoms with Crippen LogP contribution in [0.15, 0.2) is 22.7 Å². The fourth-order valence-electron chi connectivity index (χ4n) is 2.19. The highest BCUT2D eigenvalue weighted by Gasteiger charge is 2.27. The summed E-state index contributed by atoms with van der Waals surface area (Å²) < 4.78 is 6.10. The van der Waals surface area contributed by atoms with E-state index in [4.69, 9.17) is 22.1 Å². The molecule has 1 aliphatic heterocycles. The van der Waals surface area contributed by atoms with E-state index < -0.39 is 18.1 Å². The molecule has 3 N–H and O–H groups in total. The Morgan fingerprint density at radius 1 is 1.52 bits per heavy atom. The van der Waals surface area contributed by atoms with Gasteiger partial charge in [-0.25, -0.2) is 0 Å². The zero-order valence-corrected chi connectivity index (χ0v) is 13.6. The number of carbonyl (C=O) groups is 2. The van der Waals surface area contributed by atoms with E-state index in [0.29, 0.717) is 18.1 Å². The molecule has 7 heteroatoms. The number of ether oxygens (including phenoxy) is 1. The molecule has 1 aliphatic rings. The third kappa shape index (κ3) is 4.43. The number of benzene rings is 1. The molecule has 1 aromatic rings. The van der Waals surface area contributed by atoms with E-state index in [2.05, 4.69) is 21.2 Å². The SMILES string of the molecule is NC(=O)[C@@H](Cc1cc(Cl)ccc1Br)NC(=O)[C@H]1CCCO1. The van der Waals surface area contributed by atoms with Gasteiger partial charge >= 0.3 is 0 Å². The topological polar surface area (TPSA) is 81.4 Å². The predicted octanol–water partition coefficient (Wildman–Crippen LogP) is 1.79. The van der Waals surface area contributed by atoms with Gasteiger partial charge < -0.3 is 15.8 Å². The van der Waals surface area contributed by atoms with Crippen LogP contribution in [0, 0.1) is 0 Å². The molecule has 2 rings (SSSR count). The Bertz CT molecular complexity index is 547. The number of rotatable bonds is 5. The molecule has 0 aromatic heterocycles. The maximum absolute atomic E-state index is 12.0. The van der Waals surface area contributed by atoms with Crippen molar-refractivity contribution in [2.45, 2.75) is 31.4 Å². The first-order valence-electron chi connectivity index (χ1n) is 6.62. The van der Waals surface area contributed by atoms with Crippen molar-refractivity contribution in [3.8, 4) is 0 Å². The Morgan fingerprint density at radius 2 is 2.29 bits per heavy atom. The van der Waals surface area contributed by atoms with Gasteiger partial charge in [-0.1, -0.05) is 27.5 Å². The lowest BCUT2D eigenvalue weighted by Gasteiger charge is -2.18. The van der Waals surface area contributed by atoms with E-state index in [1.54, 1.807) is 18.2 Å². The summed E-state index contributed by atoms with van der Waals surface area (Å²) in [4.78, 5) is 23.6. The van der Waals surface area contributed by atoms with Crippen LogP contribution >= 0.6 is 27.5 Å². The van der Waals surface area contributed by atoms with Crippen molar-refractivity contribution in [2.24, 2.45) is 5.73 Å². The largest absolute Gasteiger partial charge is 0.368 e. The molecular weight excluding hydrogens is 360 g/mol. The van der Waals surface area contributed by atoms with E-state index in [1.807, 2.05) is 0 Å². The van der Waals surface area contributed by atoms with Crippen LogP contribution in [0.5, 0.6) is 0 Å². The molecule has 1 heterocycles. The lowest BCUT2D eigenvalue weighted by molar-refractivity contribution is -0.133. The number of nitrogens with two attached hydrogens (primary N) is 1. The molecule has 0 unspecified atom stereocenters. The Morgan fingerprint density at radius 3 is 2.90 bits per heavy atom. The smallest absolute Gasteiger partial charge is 0.249 e. The number of halogens is 2. The van der Waals surface area contributed by atoms with Gasteiger partial charge in [0, 0.05) is 22.5 Å². The molecule has 1 aromatic carbocycles. The van der Waals surface area contributed by atoms with Gasteiger partial charge in [-0.3, -0.25) is 9.59 Å². The highest BCUT2D eigenvalue weighted by Crippen LogP contribution is 2.22. The highest BCUT2D eigenvalue weighted by molar-refractivity contribution is 9.10. The third-order valence-corrected chi connectivity index (χ3v) is 4.32. The normalized spacial score (nSPS) is 19.2. The van der Waals surface area contributed by atoms with Crippen LogP contribution in [0.2, 0.25) is 5.02 Å². The van der Waals surface area contributed by atoms with Gasteiger partial charge in [0.05, 0.1) is 0 Å². The van der Waals surface area contributed by atoms with Crippen molar-refractivity contribution < 1.29 is 14.3 Å². The van der Waals surface area contributed by atoms with E-state index >= 15 is 0 Å². The summed E-state index contributed by atoms with van der Waals surface area (Å²) in [6.07, 6.45) is 1.29. The minimum Gasteiger partial charge on any atom is -0.368 e. The van der Waals surface area contributed by atoms with E-state index in [1.165, 1.54) is 0 Å². The fourth-order valence-corrected chi connectivity index (χ4v) is 2.79. The summed E-state index contributed by atoms with van der Waals surface area (Å²) in [7, 11) is 0. The maximum Gasteiger partial charge on any atom is 0.249 e. The highest BCUT2D eigenvalue weighted by atomic mass is 79.9. The average Bonchev–Trinajstić information content (AvgIpc) is 2.96. The van der Waals surface area contributed by atoms with Crippen molar-refractivity contribution >= 4 is 39.3 Å². The number of nitrogens with one attached hydrogen (secondary N) is 1. The molecule has 0 bridgehead atoms. The lowest BCUT2D eigenvalue weighted by atomic mass is 10.0. The Labute approximate surface area is 136 Å². The van der Waals surface area contributed by atoms with Gasteiger partial charge in [0.2, 0.25) is 11.8 Å². The molecule has 21 heavy (non-hydrogen) atoms. The molecule has 0 radical (unpaired) electrons. The molecule has 1 saturated heterocycles. The molecule has 0 saturated carbocycles. The Balaban J connectivity index is 2.06. The minimum atomic E-state index is -0.795. The van der Waals surface area contributed by atoms with E-state index in [9.17, 15) is 9.59 Å². The number of carbonyl (C=O) groups excluding carboxylic acids is 2. The summed E-state index contributed by atoms with van der Waals surface area (Å²) in [6, 6.07) is 4.47. The first-order chi connectivity index (χ1) is 9.97. The second-order valence-corrected chi connectivity index (χ2v) is 6.20. The maximum atomic E-state index is 12.0. The van der Waals surface area contributed by atoms with Crippen molar-refractivity contribution in [3.63, 3.8) is 0 Å². The van der Waals surface area contributed by atoms with Crippen molar-refractivity contribution in [2.75, 3.05) is 6.61 Å². The number of hydrogen-bond donors (Lipinski definition) is 2. The van der Waals surface area contributed by atoms with Gasteiger partial charge in [-0.2, -0.15) is 0 Å². The van der Waals surface area contributed by atoms with Crippen LogP contribution in [0.3, 0.4) is 0 Å². The predicted molar refractivity (Wildman–Crippen MR) is 83.0 cm³/mol. The van der Waals surface area contributed by atoms with Gasteiger partial charge in [-0.15, -0.1) is 0 Å². The summed E-state index contributed by atoms with van der Waals surface area (Å²) in [5.74, 6) is -0.886. The molecule has 2 amide bonds. The monoisotopic (exact) mass is 374 g/mol. The van der Waals surface area contributed by atoms with Gasteiger partial charge in [0.15, 0.2) is 0 Å². The number of amides is 2. The van der Waals surface area contributed by atoms with Crippen LogP contribution in [0.4, 0.5) is 0 Å². The van der Waals surface area contributed by atoms with Crippen molar-refractivity contribution in [1.82, 2.24) is 5.32 Å². The van der Waals surface area contributed by atoms with Crippen LogP contribution in [-0.2, 0) is 20.7 Å². The molecule has 2 atom stereocenters. The number of primary amides is 1. The Hall–Kier alpha value is -1.11. The molecule has 0 aliphatic carbocycles. The summed E-state index contributed by atoms with van der Waals surface area (Å²) in [6.45, 7) is 0.569. The summed E-state index contributed by atoms with van der Waals surface area (Å²) in [5.41, 5.74) is 6.18. The molecule has 5 nitrogen and oxygen atoms in total. The second kappa shape index (κ2) is 7.24. The number of hydrogen-bond acceptors (Lipinski definition) is 3. The second-order valence-electron chi connectivity index (χ2n) is 4.91. The van der Waals surface area contributed by atoms with Crippen molar-refractivity contribution in [3.05, 3.63) is 33.3 Å². The third-order valence-electron chi connectivity index (χ3n) is 3.31. The van der Waals surface area contributed by atoms with Crippen molar-refractivity contribution in [1.29, 1.82) is 0 Å². The minimum absolute atomic E-state index is 0.273. The average molecular weight is 376 g/mol. The van der Waals surface area contributed by atoms with Crippen LogP contribution in [0.1, 0.15) is 18.4 Å². The summed E-state index contributed by atoms with van der Waals surface area (Å²) in [5, 5.41) is 3.21. The Kier molecular flexibility index (Phi) is 5.61. The van der Waals surface area contributed by atoms with Gasteiger partial charge in [0.25, 0.3) is 0 Å².